The van der Waals surface area contributed by atoms with E-state index in [9.17, 15) is 0 Å². The minimum atomic E-state index is 0.319. The molecule has 0 amide bonds. The van der Waals surface area contributed by atoms with E-state index in [-0.39, 0.29) is 0 Å². The predicted molar refractivity (Wildman–Crippen MR) is 32.6 cm³/mol. The molecule has 0 nitrogen and oxygen atoms in total. The van der Waals surface area contributed by atoms with E-state index in [1.165, 1.54) is 5.57 Å². The molecule has 1 rings (SSSR count). The summed E-state index contributed by atoms with van der Waals surface area (Å²) in [4.78, 5) is 0. The van der Waals surface area contributed by atoms with E-state index >= 15 is 0 Å². The van der Waals surface area contributed by atoms with Crippen molar-refractivity contribution in [2.75, 3.05) is 0 Å². The van der Waals surface area contributed by atoms with Crippen molar-refractivity contribution >= 4 is 11.6 Å². The Morgan fingerprint density at radius 1 is 1.71 bits per heavy atom. The van der Waals surface area contributed by atoms with Gasteiger partial charge in [0.15, 0.2) is 0 Å². The Balaban J connectivity index is 2.57. The van der Waals surface area contributed by atoms with Gasteiger partial charge in [0.05, 0.1) is 5.38 Å². The van der Waals surface area contributed by atoms with Crippen LogP contribution >= 0.6 is 11.6 Å². The van der Waals surface area contributed by atoms with Crippen molar-refractivity contribution in [1.82, 2.24) is 0 Å². The maximum atomic E-state index is 5.72. The Morgan fingerprint density at radius 3 is 2.29 bits per heavy atom. The second-order valence-electron chi connectivity index (χ2n) is 2.14. The first kappa shape index (κ1) is 5.17. The average molecular weight is 117 g/mol. The smallest absolute Gasteiger partial charge is 0.0581 e. The monoisotopic (exact) mass is 116 g/mol. The van der Waals surface area contributed by atoms with E-state index < -0.39 is 0 Å². The molecule has 0 heterocycles. The van der Waals surface area contributed by atoms with Crippen molar-refractivity contribution in [3.8, 4) is 0 Å². The van der Waals surface area contributed by atoms with Crippen LogP contribution in [0.4, 0.5) is 0 Å². The standard InChI is InChI=1S/C6H9Cl/c1-4-3-6(7)5(4)2/h3,5-6H,1-2H3/t5-,6-/m0/s1. The molecule has 0 aromatic rings. The zero-order valence-corrected chi connectivity index (χ0v) is 5.37. The number of halogens is 1. The zero-order chi connectivity index (χ0) is 5.44. The lowest BCUT2D eigenvalue weighted by molar-refractivity contribution is 0.632. The predicted octanol–water partition coefficient (Wildman–Crippen LogP) is 2.19. The fourth-order valence-corrected chi connectivity index (χ4v) is 1.08. The quantitative estimate of drug-likeness (QED) is 0.336. The molecule has 0 fully saturated rings. The Labute approximate surface area is 49.2 Å². The third-order valence-corrected chi connectivity index (χ3v) is 2.12. The molecule has 1 aliphatic carbocycles. The van der Waals surface area contributed by atoms with Crippen molar-refractivity contribution in [3.63, 3.8) is 0 Å². The first-order valence-electron chi connectivity index (χ1n) is 2.54. The summed E-state index contributed by atoms with van der Waals surface area (Å²) in [5.41, 5.74) is 1.43. The van der Waals surface area contributed by atoms with Gasteiger partial charge < -0.3 is 0 Å². The van der Waals surface area contributed by atoms with Crippen LogP contribution in [0.1, 0.15) is 13.8 Å². The van der Waals surface area contributed by atoms with Gasteiger partial charge in [-0.25, -0.2) is 0 Å². The fourth-order valence-electron chi connectivity index (χ4n) is 0.680. The lowest BCUT2D eigenvalue weighted by Crippen LogP contribution is -2.20. The molecule has 0 radical (unpaired) electrons. The molecule has 0 unspecified atom stereocenters. The van der Waals surface area contributed by atoms with Crippen LogP contribution in [0.5, 0.6) is 0 Å². The molecule has 0 spiro atoms. The molecule has 0 aliphatic heterocycles. The summed E-state index contributed by atoms with van der Waals surface area (Å²) >= 11 is 5.72. The van der Waals surface area contributed by atoms with Crippen LogP contribution in [0.15, 0.2) is 11.6 Å². The van der Waals surface area contributed by atoms with E-state index in [2.05, 4.69) is 19.9 Å². The topological polar surface area (TPSA) is 0 Å². The highest BCUT2D eigenvalue weighted by Crippen LogP contribution is 2.30. The van der Waals surface area contributed by atoms with Crippen LogP contribution in [0.25, 0.3) is 0 Å². The summed E-state index contributed by atoms with van der Waals surface area (Å²) in [6, 6.07) is 0. The third-order valence-electron chi connectivity index (χ3n) is 1.62. The minimum absolute atomic E-state index is 0.319. The van der Waals surface area contributed by atoms with E-state index in [0.717, 1.165) is 0 Å². The number of hydrogen-bond donors (Lipinski definition) is 0. The van der Waals surface area contributed by atoms with Crippen LogP contribution < -0.4 is 0 Å². The highest BCUT2D eigenvalue weighted by molar-refractivity contribution is 6.23. The highest BCUT2D eigenvalue weighted by atomic mass is 35.5. The second-order valence-corrected chi connectivity index (χ2v) is 2.65. The summed E-state index contributed by atoms with van der Waals surface area (Å²) in [7, 11) is 0. The molecule has 1 aliphatic rings. The first-order valence-corrected chi connectivity index (χ1v) is 2.98. The van der Waals surface area contributed by atoms with Crippen molar-refractivity contribution in [3.05, 3.63) is 11.6 Å². The minimum Gasteiger partial charge on any atom is -0.118 e. The zero-order valence-electron chi connectivity index (χ0n) is 4.61. The van der Waals surface area contributed by atoms with Gasteiger partial charge >= 0.3 is 0 Å². The van der Waals surface area contributed by atoms with Crippen molar-refractivity contribution in [2.24, 2.45) is 5.92 Å². The number of allylic oxidation sites excluding steroid dienone is 2. The summed E-state index contributed by atoms with van der Waals surface area (Å²) in [5, 5.41) is 0.319. The van der Waals surface area contributed by atoms with Crippen LogP contribution in [0.3, 0.4) is 0 Å². The van der Waals surface area contributed by atoms with Gasteiger partial charge in [-0.2, -0.15) is 0 Å². The molecule has 7 heavy (non-hydrogen) atoms. The van der Waals surface area contributed by atoms with Crippen molar-refractivity contribution < 1.29 is 0 Å². The lowest BCUT2D eigenvalue weighted by atomic mass is 9.87. The Bertz CT molecular complexity index is 105. The molecule has 40 valence electrons. The maximum absolute atomic E-state index is 5.72. The molecule has 2 atom stereocenters. The van der Waals surface area contributed by atoms with Gasteiger partial charge in [0, 0.05) is 0 Å². The first-order chi connectivity index (χ1) is 3.22. The number of hydrogen-bond acceptors (Lipinski definition) is 0. The SMILES string of the molecule is CC1=C[C@H](Cl)[C@H]1C. The van der Waals surface area contributed by atoms with E-state index in [1.54, 1.807) is 0 Å². The molecule has 1 heteroatoms. The molecule has 0 aromatic heterocycles. The molecule has 0 saturated carbocycles. The van der Waals surface area contributed by atoms with Gasteiger partial charge in [0.25, 0.3) is 0 Å². The normalized spacial score (nSPS) is 39.6. The summed E-state index contributed by atoms with van der Waals surface area (Å²) < 4.78 is 0. The Morgan fingerprint density at radius 2 is 2.29 bits per heavy atom. The summed E-state index contributed by atoms with van der Waals surface area (Å²) in [6.07, 6.45) is 2.09. The van der Waals surface area contributed by atoms with E-state index in [0.29, 0.717) is 11.3 Å². The van der Waals surface area contributed by atoms with Gasteiger partial charge in [-0.15, -0.1) is 11.6 Å². The van der Waals surface area contributed by atoms with E-state index in [4.69, 9.17) is 11.6 Å². The Kier molecular flexibility index (Phi) is 1.12. The van der Waals surface area contributed by atoms with Gasteiger partial charge in [0.1, 0.15) is 0 Å². The van der Waals surface area contributed by atoms with Gasteiger partial charge in [-0.3, -0.25) is 0 Å². The average Bonchev–Trinajstić information content (AvgIpc) is 1.68. The Hall–Kier alpha value is 0.0300. The van der Waals surface area contributed by atoms with Crippen LogP contribution in [-0.4, -0.2) is 5.38 Å². The summed E-state index contributed by atoms with van der Waals surface area (Å²) in [5.74, 6) is 0.627. The molecular formula is C6H9Cl. The van der Waals surface area contributed by atoms with Crippen molar-refractivity contribution in [1.29, 1.82) is 0 Å². The second kappa shape index (κ2) is 1.52. The maximum Gasteiger partial charge on any atom is 0.0581 e. The fraction of sp³-hybridized carbons (Fsp3) is 0.667. The van der Waals surface area contributed by atoms with Gasteiger partial charge in [-0.05, 0) is 12.8 Å². The number of rotatable bonds is 0. The van der Waals surface area contributed by atoms with Crippen LogP contribution in [0.2, 0.25) is 0 Å². The third kappa shape index (κ3) is 0.677. The van der Waals surface area contributed by atoms with Crippen molar-refractivity contribution in [2.45, 2.75) is 19.2 Å². The van der Waals surface area contributed by atoms with Gasteiger partial charge in [0.2, 0.25) is 0 Å². The van der Waals surface area contributed by atoms with Gasteiger partial charge in [-0.1, -0.05) is 18.6 Å². The van der Waals surface area contributed by atoms with Crippen LogP contribution in [-0.2, 0) is 0 Å². The van der Waals surface area contributed by atoms with Crippen LogP contribution in [0, 0.1) is 5.92 Å². The largest absolute Gasteiger partial charge is 0.118 e. The summed E-state index contributed by atoms with van der Waals surface area (Å²) in [6.45, 7) is 4.26. The molecular weight excluding hydrogens is 108 g/mol. The van der Waals surface area contributed by atoms with E-state index in [1.807, 2.05) is 0 Å². The highest BCUT2D eigenvalue weighted by Gasteiger charge is 2.21. The molecule has 0 aromatic carbocycles. The number of alkyl halides is 1. The molecule has 0 saturated heterocycles. The molecule has 0 N–H and O–H groups in total. The molecule has 0 bridgehead atoms. The lowest BCUT2D eigenvalue weighted by Gasteiger charge is -2.25.